The fraction of sp³-hybridized carbons (Fsp3) is 0.160. The second-order valence-electron chi connectivity index (χ2n) is 7.52. The van der Waals surface area contributed by atoms with Crippen molar-refractivity contribution in [2.45, 2.75) is 15.0 Å². The number of amides is 2. The first kappa shape index (κ1) is 24.8. The smallest absolute Gasteiger partial charge is 0.263 e. The van der Waals surface area contributed by atoms with Crippen LogP contribution in [0.5, 0.6) is 5.75 Å². The molecule has 10 heteroatoms. The second-order valence-corrected chi connectivity index (χ2v) is 10.5. The summed E-state index contributed by atoms with van der Waals surface area (Å²) in [6.07, 6.45) is 0. The summed E-state index contributed by atoms with van der Waals surface area (Å²) < 4.78 is 4.09. The molecule has 1 aliphatic heterocycles. The number of anilines is 2. The molecule has 0 spiro atoms. The van der Waals surface area contributed by atoms with E-state index < -0.39 is 32.5 Å². The van der Waals surface area contributed by atoms with Gasteiger partial charge in [-0.2, -0.15) is 0 Å². The maximum Gasteiger partial charge on any atom is 0.263 e. The second kappa shape index (κ2) is 11.0. The van der Waals surface area contributed by atoms with E-state index in [4.69, 9.17) is 4.74 Å². The Balaban J connectivity index is 1.56. The van der Waals surface area contributed by atoms with Gasteiger partial charge in [0.15, 0.2) is 20.7 Å². The van der Waals surface area contributed by atoms with Gasteiger partial charge in [0.05, 0.1) is 5.56 Å². The quantitative estimate of drug-likeness (QED) is 0.340. The maximum atomic E-state index is 13.6. The van der Waals surface area contributed by atoms with Crippen molar-refractivity contribution < 1.29 is 29.3 Å². The van der Waals surface area contributed by atoms with E-state index in [1.165, 1.54) is 0 Å². The van der Waals surface area contributed by atoms with Crippen molar-refractivity contribution >= 4 is 52.5 Å². The average molecular weight is 511 g/mol. The number of aliphatic hydroxyl groups is 2. The number of nitrogens with one attached hydrogen (secondary N) is 2. The predicted molar refractivity (Wildman–Crippen MR) is 136 cm³/mol. The summed E-state index contributed by atoms with van der Waals surface area (Å²) in [5.74, 6) is -1.64. The molecule has 0 saturated carbocycles. The van der Waals surface area contributed by atoms with Gasteiger partial charge in [-0.3, -0.25) is 14.4 Å². The first-order valence-electron chi connectivity index (χ1n) is 10.6. The van der Waals surface area contributed by atoms with Crippen molar-refractivity contribution in [1.82, 2.24) is 0 Å². The molecule has 4 rings (SSSR count). The molecule has 3 aromatic carbocycles. The van der Waals surface area contributed by atoms with Gasteiger partial charge in [-0.05, 0) is 36.4 Å². The van der Waals surface area contributed by atoms with Crippen LogP contribution < -0.4 is 15.4 Å². The first-order chi connectivity index (χ1) is 16.9. The van der Waals surface area contributed by atoms with Crippen LogP contribution in [0, 0.1) is 0 Å². The largest absolute Gasteiger partial charge is 0.490 e. The number of hydrogen-bond donors (Lipinski definition) is 4. The topological polar surface area (TPSA) is 125 Å². The van der Waals surface area contributed by atoms with Gasteiger partial charge in [0.25, 0.3) is 11.8 Å². The zero-order valence-corrected chi connectivity index (χ0v) is 19.9. The van der Waals surface area contributed by atoms with Crippen LogP contribution in [-0.4, -0.2) is 49.4 Å². The molecule has 3 aromatic rings. The Hall–Kier alpha value is -3.31. The van der Waals surface area contributed by atoms with Crippen LogP contribution in [0.2, 0.25) is 0 Å². The van der Waals surface area contributed by atoms with Crippen molar-refractivity contribution in [3.05, 3.63) is 90.5 Å². The molecule has 0 saturated heterocycles. The molecule has 2 amide bonds. The fourth-order valence-electron chi connectivity index (χ4n) is 3.35. The van der Waals surface area contributed by atoms with Crippen LogP contribution >= 0.6 is 23.5 Å². The lowest BCUT2D eigenvalue weighted by molar-refractivity contribution is -0.120. The number of benzene rings is 3. The minimum atomic E-state index is -1.69. The summed E-state index contributed by atoms with van der Waals surface area (Å²) in [5.41, 5.74) is -2.21. The number of Topliss-reactive ketones (excluding diaryl/α,β-unsaturated/α-hetero) is 1. The van der Waals surface area contributed by atoms with Crippen molar-refractivity contribution in [3.8, 4) is 5.75 Å². The van der Waals surface area contributed by atoms with Gasteiger partial charge in [0.2, 0.25) is 0 Å². The van der Waals surface area contributed by atoms with Crippen molar-refractivity contribution in [3.63, 3.8) is 0 Å². The summed E-state index contributed by atoms with van der Waals surface area (Å²) in [6, 6.07) is 23.6. The Morgan fingerprint density at radius 2 is 1.23 bits per heavy atom. The zero-order chi connectivity index (χ0) is 24.8. The summed E-state index contributed by atoms with van der Waals surface area (Å²) in [7, 11) is 0. The van der Waals surface area contributed by atoms with Crippen molar-refractivity contribution in [1.29, 1.82) is 0 Å². The molecule has 0 bridgehead atoms. The van der Waals surface area contributed by atoms with E-state index in [-0.39, 0.29) is 12.2 Å². The molecule has 1 aliphatic rings. The molecule has 2 unspecified atom stereocenters. The molecule has 1 heterocycles. The summed E-state index contributed by atoms with van der Waals surface area (Å²) in [6.45, 7) is -0.274. The summed E-state index contributed by atoms with van der Waals surface area (Å²) in [5, 5.41) is 26.5. The number of fused-ring (bicyclic) bond motifs is 1. The molecule has 0 radical (unpaired) electrons. The number of hydrogen-bond acceptors (Lipinski definition) is 8. The Morgan fingerprint density at radius 3 is 1.74 bits per heavy atom. The Bertz CT molecular complexity index is 1150. The monoisotopic (exact) mass is 510 g/mol. The zero-order valence-electron chi connectivity index (χ0n) is 18.3. The SMILES string of the molecule is O=C(Nc1ccccc1)C(O)SC1(SC(O)C(=O)Nc2ccccc2)COc2ccccc2C1=O. The van der Waals surface area contributed by atoms with E-state index in [1.54, 1.807) is 84.9 Å². The normalized spacial score (nSPS) is 18.5. The van der Waals surface area contributed by atoms with E-state index in [0.717, 1.165) is 0 Å². The molecule has 35 heavy (non-hydrogen) atoms. The van der Waals surface area contributed by atoms with Crippen LogP contribution in [0.4, 0.5) is 11.4 Å². The van der Waals surface area contributed by atoms with Crippen molar-refractivity contribution in [2.75, 3.05) is 17.2 Å². The number of ether oxygens (including phenoxy) is 1. The van der Waals surface area contributed by atoms with E-state index in [9.17, 15) is 24.6 Å². The maximum absolute atomic E-state index is 13.6. The highest BCUT2D eigenvalue weighted by molar-refractivity contribution is 8.20. The molecule has 0 aromatic heterocycles. The average Bonchev–Trinajstić information content (AvgIpc) is 2.87. The minimum Gasteiger partial charge on any atom is -0.490 e. The van der Waals surface area contributed by atoms with E-state index in [1.807, 2.05) is 0 Å². The highest BCUT2D eigenvalue weighted by Crippen LogP contribution is 2.48. The molecular formula is C25H22N2O6S2. The van der Waals surface area contributed by atoms with Gasteiger partial charge < -0.3 is 25.6 Å². The van der Waals surface area contributed by atoms with E-state index >= 15 is 0 Å². The van der Waals surface area contributed by atoms with Crippen molar-refractivity contribution in [2.24, 2.45) is 0 Å². The predicted octanol–water partition coefficient (Wildman–Crippen LogP) is 3.34. The number of aliphatic hydroxyl groups excluding tert-OH is 2. The number of carbonyl (C=O) groups is 3. The van der Waals surface area contributed by atoms with Crippen LogP contribution in [0.1, 0.15) is 10.4 Å². The highest BCUT2D eigenvalue weighted by atomic mass is 32.2. The lowest BCUT2D eigenvalue weighted by atomic mass is 10.0. The number of para-hydroxylation sites is 3. The molecule has 4 N–H and O–H groups in total. The van der Waals surface area contributed by atoms with Gasteiger partial charge in [-0.25, -0.2) is 0 Å². The van der Waals surface area contributed by atoms with Gasteiger partial charge >= 0.3 is 0 Å². The fourth-order valence-corrected chi connectivity index (χ4v) is 5.86. The molecule has 0 aliphatic carbocycles. The number of rotatable bonds is 8. The number of thioether (sulfide) groups is 2. The Labute approximate surface area is 210 Å². The van der Waals surface area contributed by atoms with Gasteiger partial charge in [0.1, 0.15) is 12.4 Å². The minimum absolute atomic E-state index is 0.227. The van der Waals surface area contributed by atoms with E-state index in [0.29, 0.717) is 40.6 Å². The van der Waals surface area contributed by atoms with Gasteiger partial charge in [-0.1, -0.05) is 72.1 Å². The molecule has 8 nitrogen and oxygen atoms in total. The number of carbonyl (C=O) groups excluding carboxylic acids is 3. The Morgan fingerprint density at radius 1 is 0.771 bits per heavy atom. The third-order valence-electron chi connectivity index (χ3n) is 5.03. The third kappa shape index (κ3) is 5.85. The standard InChI is InChI=1S/C25H22N2O6S2/c28-20-18-13-7-8-14-19(18)33-15-25(20,34-23(31)21(29)26-16-9-3-1-4-10-16)35-24(32)22(30)27-17-11-5-2-6-12-17/h1-14,23-24,31-32H,15H2,(H,26,29)(H,27,30). The third-order valence-corrected chi connectivity index (χ3v) is 7.85. The molecule has 180 valence electrons. The number of ketones is 1. The molecule has 2 atom stereocenters. The molecule has 0 fully saturated rings. The van der Waals surface area contributed by atoms with Crippen LogP contribution in [0.3, 0.4) is 0 Å². The van der Waals surface area contributed by atoms with Crippen LogP contribution in [-0.2, 0) is 9.59 Å². The van der Waals surface area contributed by atoms with Gasteiger partial charge in [0, 0.05) is 11.4 Å². The van der Waals surface area contributed by atoms with Crippen LogP contribution in [0.15, 0.2) is 84.9 Å². The van der Waals surface area contributed by atoms with E-state index in [2.05, 4.69) is 10.6 Å². The lowest BCUT2D eigenvalue weighted by Crippen LogP contribution is -2.47. The van der Waals surface area contributed by atoms with Crippen LogP contribution in [0.25, 0.3) is 0 Å². The van der Waals surface area contributed by atoms with Gasteiger partial charge in [-0.15, -0.1) is 0 Å². The summed E-state index contributed by atoms with van der Waals surface area (Å²) >= 11 is 1.22. The highest BCUT2D eigenvalue weighted by Gasteiger charge is 2.50. The Kier molecular flexibility index (Phi) is 7.76. The first-order valence-corrected chi connectivity index (χ1v) is 12.3. The summed E-state index contributed by atoms with van der Waals surface area (Å²) in [4.78, 5) is 38.9. The molecular weight excluding hydrogens is 488 g/mol. The lowest BCUT2D eigenvalue weighted by Gasteiger charge is -2.37.